The van der Waals surface area contributed by atoms with Gasteiger partial charge in [0.25, 0.3) is 0 Å². The average molecular weight is 818 g/mol. The molecule has 18 heteroatoms. The summed E-state index contributed by atoms with van der Waals surface area (Å²) in [5.41, 5.74) is 1.59. The molecule has 7 N–H and O–H groups in total. The van der Waals surface area contributed by atoms with Crippen molar-refractivity contribution in [2.24, 2.45) is 11.8 Å². The minimum Gasteiger partial charge on any atom is -0.445 e. The fraction of sp³-hybridized carbons (Fsp3) is 0.650. The van der Waals surface area contributed by atoms with Gasteiger partial charge in [0.2, 0.25) is 6.41 Å². The maximum Gasteiger partial charge on any atom is 0.407 e. The second-order valence-electron chi connectivity index (χ2n) is 15.9. The number of ether oxygens (including phenoxy) is 8. The summed E-state index contributed by atoms with van der Waals surface area (Å²) in [6.45, 7) is 3.19. The van der Waals surface area contributed by atoms with E-state index in [1.54, 1.807) is 14.0 Å². The highest BCUT2D eigenvalue weighted by Gasteiger charge is 2.59. The van der Waals surface area contributed by atoms with E-state index >= 15 is 0 Å². The minimum absolute atomic E-state index is 0.00785. The molecule has 58 heavy (non-hydrogen) atoms. The molecule has 18 nitrogen and oxygen atoms in total. The first-order valence-corrected chi connectivity index (χ1v) is 19.8. The molecule has 0 aromatic heterocycles. The van der Waals surface area contributed by atoms with Crippen LogP contribution in [0.5, 0.6) is 0 Å². The van der Waals surface area contributed by atoms with Crippen molar-refractivity contribution >= 4 is 12.2 Å². The van der Waals surface area contributed by atoms with Crippen LogP contribution >= 0.6 is 0 Å². The van der Waals surface area contributed by atoms with Crippen molar-refractivity contribution in [3.05, 3.63) is 71.8 Å². The Balaban J connectivity index is 1.03. The Morgan fingerprint density at radius 2 is 1.38 bits per heavy atom. The first-order valence-electron chi connectivity index (χ1n) is 19.8. The Morgan fingerprint density at radius 3 is 2.02 bits per heavy atom. The van der Waals surface area contributed by atoms with Gasteiger partial charge in [-0.15, -0.1) is 0 Å². The maximum absolute atomic E-state index is 13.2. The minimum atomic E-state index is -1.44. The lowest BCUT2D eigenvalue weighted by Gasteiger charge is -2.51. The number of rotatable bonds is 11. The number of fused-ring (bicyclic) bond motifs is 3. The Kier molecular flexibility index (Phi) is 13.8. The number of hydrogen-bond donors (Lipinski definition) is 7. The number of benzene rings is 2. The molecule has 5 aliphatic rings. The molecule has 4 aliphatic heterocycles. The lowest BCUT2D eigenvalue weighted by Crippen LogP contribution is -2.66. The zero-order valence-electron chi connectivity index (χ0n) is 32.6. The van der Waals surface area contributed by atoms with Crippen molar-refractivity contribution in [2.75, 3.05) is 13.7 Å². The van der Waals surface area contributed by atoms with Crippen LogP contribution in [0.15, 0.2) is 60.7 Å². The monoisotopic (exact) mass is 817 g/mol. The highest BCUT2D eigenvalue weighted by Crippen LogP contribution is 2.43. The molecular formula is C40H55N3O15. The standard InChI is InChI=1S/C40H55N3O15/c1-20-14-27-33(34-29(43(3)40(50)57-34)36(53-27)58-37-31(47)30(46)21(2)28(17-44)54-37)56-35(20)55-32-25(42-39(49)52-19-23-12-8-5-9-13-23)15-24(16-26(32)45)41-38(48)51-18-22-10-6-4-7-11-22/h4-13,20-21,24-37,40,44-47,50H,14-19H2,1-3H3,(H,41,48)(H,42,49)/t20?,21-,24?,25?,26-,27+,28?,29?,30+,31+,32-,33?,34?,35+,36?,37?,40+/m1/s1. The van der Waals surface area contributed by atoms with E-state index in [0.717, 1.165) is 11.1 Å². The molecule has 1 aliphatic carbocycles. The summed E-state index contributed by atoms with van der Waals surface area (Å²) >= 11 is 0. The Bertz CT molecular complexity index is 1650. The number of carbonyl (C=O) groups is 2. The van der Waals surface area contributed by atoms with Crippen LogP contribution < -0.4 is 10.6 Å². The molecule has 7 rings (SSSR count). The second-order valence-corrected chi connectivity index (χ2v) is 15.9. The molecule has 4 saturated heterocycles. The van der Waals surface area contributed by atoms with E-state index in [9.17, 15) is 35.1 Å². The average Bonchev–Trinajstić information content (AvgIpc) is 3.52. The Labute approximate surface area is 336 Å². The lowest BCUT2D eigenvalue weighted by molar-refractivity contribution is -0.377. The summed E-state index contributed by atoms with van der Waals surface area (Å²) in [7, 11) is 1.61. The van der Waals surface area contributed by atoms with E-state index in [1.807, 2.05) is 67.6 Å². The van der Waals surface area contributed by atoms with Crippen molar-refractivity contribution in [1.82, 2.24) is 15.5 Å². The smallest absolute Gasteiger partial charge is 0.407 e. The SMILES string of the molecule is CC1C[C@@H]2OC(OC3OC(CO)[C@@H](C)[C@H](O)[C@@H]3O)C3C(O[C@H](O)N3C)C2O[C@@H]1O[C@@H]1C(NC(=O)OCc2ccccc2)CC(NC(=O)OCc2ccccc2)C[C@H]1O. The number of alkyl carbamates (subject to hydrolysis) is 2. The molecule has 9 unspecified atom stereocenters. The first-order chi connectivity index (χ1) is 27.9. The molecule has 17 atom stereocenters. The third kappa shape index (κ3) is 9.59. The molecule has 0 spiro atoms. The van der Waals surface area contributed by atoms with Gasteiger partial charge in [-0.2, -0.15) is 0 Å². The molecule has 320 valence electrons. The largest absolute Gasteiger partial charge is 0.445 e. The molecule has 2 amide bonds. The van der Waals surface area contributed by atoms with Gasteiger partial charge in [0, 0.05) is 17.9 Å². The second kappa shape index (κ2) is 18.8. The normalized spacial score (nSPS) is 40.2. The number of nitrogens with zero attached hydrogens (tertiary/aromatic N) is 1. The van der Waals surface area contributed by atoms with E-state index < -0.39 is 117 Å². The van der Waals surface area contributed by atoms with Gasteiger partial charge >= 0.3 is 12.2 Å². The van der Waals surface area contributed by atoms with Crippen molar-refractivity contribution in [3.63, 3.8) is 0 Å². The van der Waals surface area contributed by atoms with E-state index in [0.29, 0.717) is 6.42 Å². The van der Waals surface area contributed by atoms with E-state index in [-0.39, 0.29) is 32.0 Å². The maximum atomic E-state index is 13.2. The summed E-state index contributed by atoms with van der Waals surface area (Å²) in [5.74, 6) is -0.906. The molecule has 2 aromatic rings. The van der Waals surface area contributed by atoms with Gasteiger partial charge in [0.1, 0.15) is 37.6 Å². The first kappa shape index (κ1) is 42.6. The van der Waals surface area contributed by atoms with Gasteiger partial charge in [-0.05, 0) is 37.4 Å². The van der Waals surface area contributed by atoms with Gasteiger partial charge in [-0.25, -0.2) is 14.5 Å². The Hall–Kier alpha value is -3.50. The fourth-order valence-electron chi connectivity index (χ4n) is 8.46. The van der Waals surface area contributed by atoms with Gasteiger partial charge in [0.15, 0.2) is 18.9 Å². The third-order valence-corrected chi connectivity index (χ3v) is 11.8. The number of aliphatic hydroxyl groups is 5. The fourth-order valence-corrected chi connectivity index (χ4v) is 8.46. The Morgan fingerprint density at radius 1 is 0.741 bits per heavy atom. The van der Waals surface area contributed by atoms with Crippen LogP contribution in [0.1, 0.15) is 44.2 Å². The van der Waals surface area contributed by atoms with Crippen LogP contribution in [-0.2, 0) is 51.1 Å². The van der Waals surface area contributed by atoms with E-state index in [1.165, 1.54) is 4.90 Å². The van der Waals surface area contributed by atoms with Gasteiger partial charge in [-0.1, -0.05) is 74.5 Å². The zero-order valence-corrected chi connectivity index (χ0v) is 32.6. The van der Waals surface area contributed by atoms with E-state index in [2.05, 4.69) is 10.6 Å². The zero-order chi connectivity index (χ0) is 41.1. The topological polar surface area (TPSA) is 236 Å². The van der Waals surface area contributed by atoms with Crippen molar-refractivity contribution in [1.29, 1.82) is 0 Å². The predicted octanol–water partition coefficient (Wildman–Crippen LogP) is 0.659. The molecule has 0 bridgehead atoms. The van der Waals surface area contributed by atoms with Gasteiger partial charge in [0.05, 0.1) is 43.1 Å². The van der Waals surface area contributed by atoms with Crippen molar-refractivity contribution < 1.29 is 73.0 Å². The number of amides is 2. The van der Waals surface area contributed by atoms with Crippen LogP contribution in [-0.4, -0.2) is 149 Å². The quantitative estimate of drug-likeness (QED) is 0.165. The van der Waals surface area contributed by atoms with Crippen molar-refractivity contribution in [3.8, 4) is 0 Å². The number of nitrogens with one attached hydrogen (secondary N) is 2. The number of carbonyl (C=O) groups excluding carboxylic acids is 2. The molecule has 1 saturated carbocycles. The molecular weight excluding hydrogens is 762 g/mol. The summed E-state index contributed by atoms with van der Waals surface area (Å²) in [4.78, 5) is 27.5. The number of likely N-dealkylation sites (N-methyl/N-ethyl adjacent to an activating group) is 1. The highest BCUT2D eigenvalue weighted by molar-refractivity contribution is 5.68. The van der Waals surface area contributed by atoms with E-state index in [4.69, 9.17) is 37.9 Å². The van der Waals surface area contributed by atoms with Gasteiger partial charge < -0.3 is 74.1 Å². The lowest BCUT2D eigenvalue weighted by atomic mass is 9.85. The summed E-state index contributed by atoms with van der Waals surface area (Å²) in [5, 5.41) is 59.3. The number of hydrogen-bond acceptors (Lipinski definition) is 16. The summed E-state index contributed by atoms with van der Waals surface area (Å²) in [6.07, 6.45) is -13.5. The van der Waals surface area contributed by atoms with Gasteiger partial charge in [-0.3, -0.25) is 0 Å². The van der Waals surface area contributed by atoms with Crippen LogP contribution in [0.2, 0.25) is 0 Å². The summed E-state index contributed by atoms with van der Waals surface area (Å²) in [6, 6.07) is 16.2. The predicted molar refractivity (Wildman–Crippen MR) is 199 cm³/mol. The van der Waals surface area contributed by atoms with Crippen molar-refractivity contribution in [2.45, 2.75) is 139 Å². The van der Waals surface area contributed by atoms with Crippen LogP contribution in [0.3, 0.4) is 0 Å². The highest BCUT2D eigenvalue weighted by atomic mass is 16.8. The van der Waals surface area contributed by atoms with Crippen LogP contribution in [0, 0.1) is 11.8 Å². The van der Waals surface area contributed by atoms with Crippen LogP contribution in [0.25, 0.3) is 0 Å². The molecule has 5 fully saturated rings. The molecule has 4 heterocycles. The van der Waals surface area contributed by atoms with Crippen LogP contribution in [0.4, 0.5) is 9.59 Å². The summed E-state index contributed by atoms with van der Waals surface area (Å²) < 4.78 is 48.4. The molecule has 0 radical (unpaired) electrons. The number of aliphatic hydroxyl groups excluding tert-OH is 5. The molecule has 2 aromatic carbocycles. The third-order valence-electron chi connectivity index (χ3n) is 11.8.